The molecule has 0 spiro atoms. The maximum Gasteiger partial charge on any atom is 0.206 e. The standard InChI is InChI=1S/C18H14N4S/c1-2-9-15-13(6-1)7-5-8-14(15)12-20-18-22-21-17(23-18)16-10-3-4-11-19-16/h1-11H,12H2,(H,20,22). The normalized spacial score (nSPS) is 10.8. The van der Waals surface area contributed by atoms with Crippen LogP contribution in [0, 0.1) is 0 Å². The van der Waals surface area contributed by atoms with E-state index in [1.165, 1.54) is 27.7 Å². The average molecular weight is 318 g/mol. The molecule has 23 heavy (non-hydrogen) atoms. The molecule has 2 heterocycles. The molecule has 112 valence electrons. The summed E-state index contributed by atoms with van der Waals surface area (Å²) < 4.78 is 0. The number of hydrogen-bond acceptors (Lipinski definition) is 5. The quantitative estimate of drug-likeness (QED) is 0.607. The van der Waals surface area contributed by atoms with Crippen LogP contribution < -0.4 is 5.32 Å². The topological polar surface area (TPSA) is 50.7 Å². The molecule has 0 aliphatic carbocycles. The van der Waals surface area contributed by atoms with E-state index < -0.39 is 0 Å². The molecule has 0 radical (unpaired) electrons. The van der Waals surface area contributed by atoms with Gasteiger partial charge < -0.3 is 5.32 Å². The molecule has 5 heteroatoms. The van der Waals surface area contributed by atoms with E-state index in [2.05, 4.69) is 63.0 Å². The lowest BCUT2D eigenvalue weighted by Crippen LogP contribution is -1.99. The number of rotatable bonds is 4. The molecule has 2 aromatic heterocycles. The molecule has 0 saturated heterocycles. The van der Waals surface area contributed by atoms with E-state index in [1.54, 1.807) is 6.20 Å². The van der Waals surface area contributed by atoms with Gasteiger partial charge in [-0.25, -0.2) is 0 Å². The van der Waals surface area contributed by atoms with Gasteiger partial charge in [0, 0.05) is 12.7 Å². The van der Waals surface area contributed by atoms with Crippen molar-refractivity contribution in [1.29, 1.82) is 0 Å². The van der Waals surface area contributed by atoms with E-state index in [4.69, 9.17) is 0 Å². The minimum absolute atomic E-state index is 0.720. The Kier molecular flexibility index (Phi) is 3.70. The number of pyridine rings is 1. The Hall–Kier alpha value is -2.79. The Labute approximate surface area is 137 Å². The highest BCUT2D eigenvalue weighted by Crippen LogP contribution is 2.25. The van der Waals surface area contributed by atoms with Crippen LogP contribution in [0.2, 0.25) is 0 Å². The van der Waals surface area contributed by atoms with Crippen LogP contribution in [0.15, 0.2) is 66.9 Å². The van der Waals surface area contributed by atoms with Crippen molar-refractivity contribution in [2.45, 2.75) is 6.54 Å². The zero-order valence-electron chi connectivity index (χ0n) is 12.3. The zero-order chi connectivity index (χ0) is 15.5. The van der Waals surface area contributed by atoms with E-state index >= 15 is 0 Å². The summed E-state index contributed by atoms with van der Waals surface area (Å²) in [6.45, 7) is 0.720. The predicted molar refractivity (Wildman–Crippen MR) is 94.4 cm³/mol. The molecule has 0 amide bonds. The van der Waals surface area contributed by atoms with E-state index in [0.717, 1.165) is 22.4 Å². The number of nitrogens with one attached hydrogen (secondary N) is 1. The van der Waals surface area contributed by atoms with Gasteiger partial charge in [0.25, 0.3) is 0 Å². The first-order valence-electron chi connectivity index (χ1n) is 7.35. The van der Waals surface area contributed by atoms with Gasteiger partial charge in [0.15, 0.2) is 5.01 Å². The highest BCUT2D eigenvalue weighted by Gasteiger charge is 2.07. The molecule has 0 atom stereocenters. The second-order valence-electron chi connectivity index (χ2n) is 5.12. The van der Waals surface area contributed by atoms with Gasteiger partial charge in [-0.1, -0.05) is 59.9 Å². The third-order valence-corrected chi connectivity index (χ3v) is 4.52. The van der Waals surface area contributed by atoms with E-state index in [9.17, 15) is 0 Å². The van der Waals surface area contributed by atoms with Gasteiger partial charge in [-0.3, -0.25) is 4.98 Å². The zero-order valence-corrected chi connectivity index (χ0v) is 13.1. The van der Waals surface area contributed by atoms with Gasteiger partial charge in [-0.2, -0.15) is 0 Å². The molecule has 0 aliphatic rings. The van der Waals surface area contributed by atoms with Crippen molar-refractivity contribution in [2.75, 3.05) is 5.32 Å². The first-order valence-corrected chi connectivity index (χ1v) is 8.17. The van der Waals surface area contributed by atoms with E-state index in [1.807, 2.05) is 18.2 Å². The molecular weight excluding hydrogens is 304 g/mol. The predicted octanol–water partition coefficient (Wildman–Crippen LogP) is 4.37. The lowest BCUT2D eigenvalue weighted by Gasteiger charge is -2.06. The number of benzene rings is 2. The molecule has 2 aromatic carbocycles. The Morgan fingerprint density at radius 1 is 0.870 bits per heavy atom. The molecule has 4 nitrogen and oxygen atoms in total. The first-order chi connectivity index (χ1) is 11.4. The fourth-order valence-electron chi connectivity index (χ4n) is 2.50. The van der Waals surface area contributed by atoms with Crippen LogP contribution in [0.25, 0.3) is 21.5 Å². The molecule has 0 aliphatic heterocycles. The van der Waals surface area contributed by atoms with Gasteiger partial charge in [-0.15, -0.1) is 10.2 Å². The summed E-state index contributed by atoms with van der Waals surface area (Å²) >= 11 is 1.51. The van der Waals surface area contributed by atoms with Gasteiger partial charge in [0.05, 0.1) is 0 Å². The van der Waals surface area contributed by atoms with Crippen molar-refractivity contribution in [3.63, 3.8) is 0 Å². The number of hydrogen-bond donors (Lipinski definition) is 1. The van der Waals surface area contributed by atoms with Crippen LogP contribution in [0.5, 0.6) is 0 Å². The lowest BCUT2D eigenvalue weighted by atomic mass is 10.0. The molecule has 0 saturated carbocycles. The Balaban J connectivity index is 1.54. The molecular formula is C18H14N4S. The Bertz CT molecular complexity index is 929. The molecule has 1 N–H and O–H groups in total. The average Bonchev–Trinajstić information content (AvgIpc) is 3.10. The second kappa shape index (κ2) is 6.14. The summed E-state index contributed by atoms with van der Waals surface area (Å²) in [5, 5.41) is 15.9. The smallest absolute Gasteiger partial charge is 0.206 e. The summed E-state index contributed by atoms with van der Waals surface area (Å²) in [5.74, 6) is 0. The van der Waals surface area contributed by atoms with Crippen LogP contribution >= 0.6 is 11.3 Å². The fraction of sp³-hybridized carbons (Fsp3) is 0.0556. The van der Waals surface area contributed by atoms with Crippen LogP contribution in [0.1, 0.15) is 5.56 Å². The number of aromatic nitrogens is 3. The minimum atomic E-state index is 0.720. The summed E-state index contributed by atoms with van der Waals surface area (Å²) in [7, 11) is 0. The van der Waals surface area contributed by atoms with Crippen LogP contribution in [0.3, 0.4) is 0 Å². The Morgan fingerprint density at radius 2 is 1.74 bits per heavy atom. The number of fused-ring (bicyclic) bond motifs is 1. The van der Waals surface area contributed by atoms with Crippen molar-refractivity contribution in [3.8, 4) is 10.7 Å². The maximum atomic E-state index is 4.30. The van der Waals surface area contributed by atoms with Crippen molar-refractivity contribution in [1.82, 2.24) is 15.2 Å². The summed E-state index contributed by atoms with van der Waals surface area (Å²) in [6.07, 6.45) is 1.76. The van der Waals surface area contributed by atoms with Crippen LogP contribution in [0.4, 0.5) is 5.13 Å². The third kappa shape index (κ3) is 2.91. The molecule has 0 unspecified atom stereocenters. The molecule has 0 bridgehead atoms. The minimum Gasteiger partial charge on any atom is -0.356 e. The molecule has 4 aromatic rings. The van der Waals surface area contributed by atoms with Crippen molar-refractivity contribution < 1.29 is 0 Å². The van der Waals surface area contributed by atoms with Crippen molar-refractivity contribution in [3.05, 3.63) is 72.4 Å². The summed E-state index contributed by atoms with van der Waals surface area (Å²) in [4.78, 5) is 4.30. The van der Waals surface area contributed by atoms with Gasteiger partial charge in [0.2, 0.25) is 5.13 Å². The third-order valence-electron chi connectivity index (χ3n) is 3.62. The largest absolute Gasteiger partial charge is 0.356 e. The lowest BCUT2D eigenvalue weighted by molar-refractivity contribution is 1.05. The van der Waals surface area contributed by atoms with Gasteiger partial charge in [0.1, 0.15) is 5.69 Å². The maximum absolute atomic E-state index is 4.30. The Morgan fingerprint density at radius 3 is 2.65 bits per heavy atom. The van der Waals surface area contributed by atoms with E-state index in [0.29, 0.717) is 0 Å². The number of anilines is 1. The van der Waals surface area contributed by atoms with E-state index in [-0.39, 0.29) is 0 Å². The monoisotopic (exact) mass is 318 g/mol. The van der Waals surface area contributed by atoms with Crippen LogP contribution in [-0.2, 0) is 6.54 Å². The molecule has 0 fully saturated rings. The van der Waals surface area contributed by atoms with Gasteiger partial charge >= 0.3 is 0 Å². The highest BCUT2D eigenvalue weighted by atomic mass is 32.1. The summed E-state index contributed by atoms with van der Waals surface area (Å²) in [6, 6.07) is 20.5. The van der Waals surface area contributed by atoms with Crippen molar-refractivity contribution >= 4 is 27.2 Å². The SMILES string of the molecule is c1ccc(-c2nnc(NCc3cccc4ccccc34)s2)nc1. The molecule has 4 rings (SSSR count). The number of nitrogens with zero attached hydrogens (tertiary/aromatic N) is 3. The highest BCUT2D eigenvalue weighted by molar-refractivity contribution is 7.18. The summed E-state index contributed by atoms with van der Waals surface area (Å²) in [5.41, 5.74) is 2.10. The first kappa shape index (κ1) is 13.8. The van der Waals surface area contributed by atoms with Crippen molar-refractivity contribution in [2.24, 2.45) is 0 Å². The van der Waals surface area contributed by atoms with Gasteiger partial charge in [-0.05, 0) is 28.5 Å². The second-order valence-corrected chi connectivity index (χ2v) is 6.10. The fourth-order valence-corrected chi connectivity index (χ4v) is 3.22. The van der Waals surface area contributed by atoms with Crippen LogP contribution in [-0.4, -0.2) is 15.2 Å².